The van der Waals surface area contributed by atoms with Gasteiger partial charge in [0.1, 0.15) is 0 Å². The zero-order valence-corrected chi connectivity index (χ0v) is 22.5. The second kappa shape index (κ2) is 12.9. The van der Waals surface area contributed by atoms with Gasteiger partial charge in [-0.25, -0.2) is 0 Å². The van der Waals surface area contributed by atoms with E-state index >= 15 is 0 Å². The maximum atomic E-state index is 14.3. The van der Waals surface area contributed by atoms with E-state index in [1.807, 2.05) is 0 Å². The third-order valence-corrected chi connectivity index (χ3v) is 9.59. The van der Waals surface area contributed by atoms with Crippen LogP contribution in [-0.2, 0) is 0 Å². The van der Waals surface area contributed by atoms with Gasteiger partial charge in [-0.2, -0.15) is 17.6 Å². The highest BCUT2D eigenvalue weighted by atomic mass is 19.3. The lowest BCUT2D eigenvalue weighted by atomic mass is 9.65. The molecule has 2 nitrogen and oxygen atoms in total. The van der Waals surface area contributed by atoms with Gasteiger partial charge in [0.2, 0.25) is 11.6 Å². The number of alkyl halides is 2. The fraction of sp³-hybridized carbons (Fsp3) is 0.742. The summed E-state index contributed by atoms with van der Waals surface area (Å²) in [5, 5.41) is 0. The summed E-state index contributed by atoms with van der Waals surface area (Å²) >= 11 is 0. The third-order valence-electron chi connectivity index (χ3n) is 9.59. The van der Waals surface area contributed by atoms with Gasteiger partial charge < -0.3 is 9.47 Å². The molecule has 0 aliphatic heterocycles. The number of ether oxygens (including phenoxy) is 2. The van der Waals surface area contributed by atoms with E-state index in [0.29, 0.717) is 12.0 Å². The van der Waals surface area contributed by atoms with Crippen molar-refractivity contribution in [2.75, 3.05) is 7.11 Å². The van der Waals surface area contributed by atoms with Crippen molar-refractivity contribution in [1.29, 1.82) is 0 Å². The van der Waals surface area contributed by atoms with Gasteiger partial charge in [-0.3, -0.25) is 0 Å². The Kier molecular flexibility index (Phi) is 9.85. The molecule has 0 amide bonds. The first-order valence-corrected chi connectivity index (χ1v) is 14.6. The Labute approximate surface area is 220 Å². The van der Waals surface area contributed by atoms with Crippen LogP contribution < -0.4 is 9.47 Å². The Morgan fingerprint density at radius 2 is 1.22 bits per heavy atom. The molecule has 0 heterocycles. The maximum absolute atomic E-state index is 14.3. The summed E-state index contributed by atoms with van der Waals surface area (Å²) in [7, 11) is 1.18. The molecule has 3 saturated carbocycles. The number of benzene rings is 1. The zero-order valence-electron chi connectivity index (χ0n) is 22.5. The van der Waals surface area contributed by atoms with Gasteiger partial charge in [0.25, 0.3) is 0 Å². The van der Waals surface area contributed by atoms with E-state index < -0.39 is 23.5 Å². The molecule has 0 saturated heterocycles. The SMILES string of the molecule is CCCC1CCC(C2CCC(C3CCC(/C=C/C(F)(F)Oc4ccc(OC)c(F)c4F)CC3)CC2)CC1. The first-order valence-electron chi connectivity index (χ1n) is 14.6. The van der Waals surface area contributed by atoms with E-state index in [0.717, 1.165) is 61.5 Å². The van der Waals surface area contributed by atoms with Crippen LogP contribution >= 0.6 is 0 Å². The molecule has 3 fully saturated rings. The van der Waals surface area contributed by atoms with E-state index in [-0.39, 0.29) is 11.7 Å². The molecule has 0 N–H and O–H groups in total. The highest BCUT2D eigenvalue weighted by Crippen LogP contribution is 2.46. The van der Waals surface area contributed by atoms with Gasteiger partial charge >= 0.3 is 6.11 Å². The van der Waals surface area contributed by atoms with E-state index in [1.165, 1.54) is 77.4 Å². The molecule has 0 spiro atoms. The summed E-state index contributed by atoms with van der Waals surface area (Å²) in [6.45, 7) is 2.30. The Morgan fingerprint density at radius 3 is 1.73 bits per heavy atom. The Bertz CT molecular complexity index is 877. The number of rotatable bonds is 9. The summed E-state index contributed by atoms with van der Waals surface area (Å²) in [6, 6.07) is 2.02. The fourth-order valence-electron chi connectivity index (χ4n) is 7.43. The van der Waals surface area contributed by atoms with Crippen LogP contribution in [0.25, 0.3) is 0 Å². The molecule has 4 rings (SSSR count). The van der Waals surface area contributed by atoms with Crippen LogP contribution in [0.3, 0.4) is 0 Å². The predicted molar refractivity (Wildman–Crippen MR) is 139 cm³/mol. The standard InChI is InChI=1S/C31H44F4O2/c1-3-4-21-5-9-23(10-6-21)25-13-15-26(16-14-25)24-11-7-22(8-12-24)19-20-31(34,35)37-28-18-17-27(36-2)29(32)30(28)33/h17-26H,3-16H2,1-2H3/b20-19+. The fourth-order valence-corrected chi connectivity index (χ4v) is 7.43. The van der Waals surface area contributed by atoms with Gasteiger partial charge in [-0.1, -0.05) is 38.7 Å². The molecular formula is C31H44F4O2. The van der Waals surface area contributed by atoms with Crippen molar-refractivity contribution in [2.45, 2.75) is 103 Å². The molecule has 6 heteroatoms. The molecule has 1 aromatic rings. The topological polar surface area (TPSA) is 18.5 Å². The van der Waals surface area contributed by atoms with Gasteiger partial charge in [-0.15, -0.1) is 0 Å². The van der Waals surface area contributed by atoms with E-state index in [9.17, 15) is 17.6 Å². The summed E-state index contributed by atoms with van der Waals surface area (Å²) in [5.41, 5.74) is 0. The first-order chi connectivity index (χ1) is 17.8. The quantitative estimate of drug-likeness (QED) is 0.236. The molecule has 0 aromatic heterocycles. The Hall–Kier alpha value is -1.72. The van der Waals surface area contributed by atoms with E-state index in [2.05, 4.69) is 16.4 Å². The molecule has 1 aromatic carbocycles. The Morgan fingerprint density at radius 1 is 0.757 bits per heavy atom. The van der Waals surface area contributed by atoms with Crippen molar-refractivity contribution in [1.82, 2.24) is 0 Å². The van der Waals surface area contributed by atoms with E-state index in [4.69, 9.17) is 0 Å². The highest BCUT2D eigenvalue weighted by molar-refractivity contribution is 5.35. The number of hydrogen-bond acceptors (Lipinski definition) is 2. The van der Waals surface area contributed by atoms with Gasteiger partial charge in [0.15, 0.2) is 11.5 Å². The molecule has 3 aliphatic carbocycles. The molecule has 0 bridgehead atoms. The molecule has 0 atom stereocenters. The normalized spacial score (nSPS) is 31.4. The Balaban J connectivity index is 1.19. The largest absolute Gasteiger partial charge is 0.494 e. The van der Waals surface area contributed by atoms with Crippen LogP contribution in [0.5, 0.6) is 11.5 Å². The third kappa shape index (κ3) is 7.44. The van der Waals surface area contributed by atoms with Crippen LogP contribution in [0.4, 0.5) is 17.6 Å². The van der Waals surface area contributed by atoms with Gasteiger partial charge in [-0.05, 0) is 112 Å². The average Bonchev–Trinajstić information content (AvgIpc) is 2.91. The van der Waals surface area contributed by atoms with Crippen molar-refractivity contribution >= 4 is 0 Å². The second-order valence-electron chi connectivity index (χ2n) is 11.8. The van der Waals surface area contributed by atoms with E-state index in [1.54, 1.807) is 0 Å². The minimum atomic E-state index is -3.72. The van der Waals surface area contributed by atoms with Gasteiger partial charge in [0, 0.05) is 6.08 Å². The lowest BCUT2D eigenvalue weighted by Crippen LogP contribution is -2.29. The minimum absolute atomic E-state index is 0.0674. The monoisotopic (exact) mass is 524 g/mol. The van der Waals surface area contributed by atoms with Crippen LogP contribution in [0.1, 0.15) is 96.8 Å². The second-order valence-corrected chi connectivity index (χ2v) is 11.8. The predicted octanol–water partition coefficient (Wildman–Crippen LogP) is 9.72. The lowest BCUT2D eigenvalue weighted by molar-refractivity contribution is -0.134. The van der Waals surface area contributed by atoms with Crippen molar-refractivity contribution in [3.8, 4) is 11.5 Å². The number of halogens is 4. The molecule has 0 unspecified atom stereocenters. The van der Waals surface area contributed by atoms with Crippen LogP contribution in [-0.4, -0.2) is 13.2 Å². The average molecular weight is 525 g/mol. The number of methoxy groups -OCH3 is 1. The minimum Gasteiger partial charge on any atom is -0.494 e. The summed E-state index contributed by atoms with van der Waals surface area (Å²) in [6.07, 6.45) is 16.3. The van der Waals surface area contributed by atoms with Crippen LogP contribution in [0.15, 0.2) is 24.3 Å². The van der Waals surface area contributed by atoms with Crippen molar-refractivity contribution in [3.63, 3.8) is 0 Å². The highest BCUT2D eigenvalue weighted by Gasteiger charge is 2.35. The van der Waals surface area contributed by atoms with Crippen LogP contribution in [0.2, 0.25) is 0 Å². The van der Waals surface area contributed by atoms with Gasteiger partial charge in [0.05, 0.1) is 7.11 Å². The number of allylic oxidation sites excluding steroid dienone is 1. The molecule has 37 heavy (non-hydrogen) atoms. The van der Waals surface area contributed by atoms with Crippen molar-refractivity contribution in [2.24, 2.45) is 35.5 Å². The molecular weight excluding hydrogens is 480 g/mol. The molecule has 208 valence electrons. The molecule has 3 aliphatic rings. The summed E-state index contributed by atoms with van der Waals surface area (Å²) in [5.74, 6) is 0.390. The summed E-state index contributed by atoms with van der Waals surface area (Å²) in [4.78, 5) is 0. The zero-order chi connectivity index (χ0) is 26.4. The lowest BCUT2D eigenvalue weighted by Gasteiger charge is -2.41. The van der Waals surface area contributed by atoms with Crippen molar-refractivity contribution in [3.05, 3.63) is 35.9 Å². The number of hydrogen-bond donors (Lipinski definition) is 0. The van der Waals surface area contributed by atoms with Crippen molar-refractivity contribution < 1.29 is 27.0 Å². The summed E-state index contributed by atoms with van der Waals surface area (Å²) < 4.78 is 65.7. The van der Waals surface area contributed by atoms with Crippen LogP contribution in [0, 0.1) is 47.1 Å². The molecule has 0 radical (unpaired) electrons. The first kappa shape index (κ1) is 28.3. The maximum Gasteiger partial charge on any atom is 0.419 e. The smallest absolute Gasteiger partial charge is 0.419 e.